The molecule has 2 fully saturated rings. The monoisotopic (exact) mass is 232 g/mol. The molecule has 0 amide bonds. The average molecular weight is 232 g/mol. The van der Waals surface area contributed by atoms with E-state index in [-0.39, 0.29) is 0 Å². The molecule has 1 aliphatic heterocycles. The molecule has 1 atom stereocenters. The van der Waals surface area contributed by atoms with Crippen LogP contribution in [0.5, 0.6) is 0 Å². The maximum absolute atomic E-state index is 5.94. The minimum absolute atomic E-state index is 0.305. The minimum Gasteiger partial charge on any atom is -0.355 e. The van der Waals surface area contributed by atoms with E-state index in [2.05, 4.69) is 20.9 Å². The number of anilines is 1. The van der Waals surface area contributed by atoms with Crippen molar-refractivity contribution >= 4 is 5.82 Å². The van der Waals surface area contributed by atoms with E-state index >= 15 is 0 Å². The maximum atomic E-state index is 5.94. The average Bonchev–Trinajstić information content (AvgIpc) is 3.00. The van der Waals surface area contributed by atoms with Gasteiger partial charge in [0.25, 0.3) is 0 Å². The molecule has 17 heavy (non-hydrogen) atoms. The van der Waals surface area contributed by atoms with Gasteiger partial charge in [0.2, 0.25) is 0 Å². The molecular formula is C13H20N4. The van der Waals surface area contributed by atoms with Crippen molar-refractivity contribution in [1.29, 1.82) is 0 Å². The lowest BCUT2D eigenvalue weighted by molar-refractivity contribution is 0.692. The summed E-state index contributed by atoms with van der Waals surface area (Å²) in [4.78, 5) is 11.1. The van der Waals surface area contributed by atoms with Crippen molar-refractivity contribution in [2.24, 2.45) is 5.73 Å². The van der Waals surface area contributed by atoms with Crippen molar-refractivity contribution < 1.29 is 0 Å². The molecule has 1 aliphatic carbocycles. The van der Waals surface area contributed by atoms with Gasteiger partial charge in [0.15, 0.2) is 0 Å². The van der Waals surface area contributed by atoms with Gasteiger partial charge in [-0.15, -0.1) is 0 Å². The second-order valence-electron chi connectivity index (χ2n) is 5.28. The molecule has 0 radical (unpaired) electrons. The second-order valence-corrected chi connectivity index (χ2v) is 5.28. The minimum atomic E-state index is 0.305. The first-order valence-corrected chi connectivity index (χ1v) is 6.65. The Morgan fingerprint density at radius 1 is 1.18 bits per heavy atom. The van der Waals surface area contributed by atoms with E-state index in [0.717, 1.165) is 25.3 Å². The topological polar surface area (TPSA) is 55.0 Å². The Morgan fingerprint density at radius 2 is 2.00 bits per heavy atom. The van der Waals surface area contributed by atoms with E-state index in [0.29, 0.717) is 12.0 Å². The Labute approximate surface area is 102 Å². The van der Waals surface area contributed by atoms with E-state index in [1.807, 2.05) is 0 Å². The van der Waals surface area contributed by atoms with Crippen LogP contribution in [0.4, 0.5) is 5.82 Å². The van der Waals surface area contributed by atoms with Gasteiger partial charge in [0, 0.05) is 36.8 Å². The van der Waals surface area contributed by atoms with Gasteiger partial charge in [-0.05, 0) is 19.3 Å². The standard InChI is InChI=1S/C13H20N4/c14-11-5-6-17(8-11)13-7-12(15-9-16-13)10-3-1-2-4-10/h7,9-11H,1-6,8,14H2/t11-/m1/s1. The molecule has 92 valence electrons. The summed E-state index contributed by atoms with van der Waals surface area (Å²) in [6.07, 6.45) is 8.05. The molecular weight excluding hydrogens is 212 g/mol. The predicted octanol–water partition coefficient (Wildman–Crippen LogP) is 1.67. The molecule has 0 aromatic carbocycles. The highest BCUT2D eigenvalue weighted by Crippen LogP contribution is 2.33. The molecule has 2 heterocycles. The molecule has 2 N–H and O–H groups in total. The third-order valence-corrected chi connectivity index (χ3v) is 4.00. The van der Waals surface area contributed by atoms with Gasteiger partial charge >= 0.3 is 0 Å². The van der Waals surface area contributed by atoms with Gasteiger partial charge in [-0.3, -0.25) is 0 Å². The van der Waals surface area contributed by atoms with Crippen LogP contribution in [-0.4, -0.2) is 29.1 Å². The highest BCUT2D eigenvalue weighted by atomic mass is 15.2. The van der Waals surface area contributed by atoms with E-state index in [1.165, 1.54) is 31.4 Å². The molecule has 2 aliphatic rings. The summed E-state index contributed by atoms with van der Waals surface area (Å²) >= 11 is 0. The fraction of sp³-hybridized carbons (Fsp3) is 0.692. The maximum Gasteiger partial charge on any atom is 0.132 e. The van der Waals surface area contributed by atoms with Gasteiger partial charge in [0.1, 0.15) is 12.1 Å². The Balaban J connectivity index is 1.78. The van der Waals surface area contributed by atoms with Crippen LogP contribution >= 0.6 is 0 Å². The van der Waals surface area contributed by atoms with Crippen LogP contribution in [0.15, 0.2) is 12.4 Å². The third kappa shape index (κ3) is 2.27. The van der Waals surface area contributed by atoms with E-state index in [4.69, 9.17) is 5.73 Å². The Hall–Kier alpha value is -1.16. The third-order valence-electron chi connectivity index (χ3n) is 4.00. The quantitative estimate of drug-likeness (QED) is 0.842. The van der Waals surface area contributed by atoms with Gasteiger partial charge in [0.05, 0.1) is 0 Å². The number of rotatable bonds is 2. The van der Waals surface area contributed by atoms with Crippen molar-refractivity contribution in [3.63, 3.8) is 0 Å². The summed E-state index contributed by atoms with van der Waals surface area (Å²) in [6, 6.07) is 2.48. The van der Waals surface area contributed by atoms with Gasteiger partial charge in [-0.2, -0.15) is 0 Å². The summed E-state index contributed by atoms with van der Waals surface area (Å²) in [5.74, 6) is 1.72. The zero-order valence-electron chi connectivity index (χ0n) is 10.2. The smallest absolute Gasteiger partial charge is 0.132 e. The lowest BCUT2D eigenvalue weighted by atomic mass is 10.0. The van der Waals surface area contributed by atoms with Crippen LogP contribution < -0.4 is 10.6 Å². The van der Waals surface area contributed by atoms with Crippen molar-refractivity contribution in [2.45, 2.75) is 44.1 Å². The van der Waals surface area contributed by atoms with E-state index in [9.17, 15) is 0 Å². The fourth-order valence-electron chi connectivity index (χ4n) is 2.97. The lowest BCUT2D eigenvalue weighted by Gasteiger charge is -2.18. The van der Waals surface area contributed by atoms with Crippen molar-refractivity contribution in [3.05, 3.63) is 18.1 Å². The number of aromatic nitrogens is 2. The molecule has 1 aromatic rings. The first-order chi connectivity index (χ1) is 8.33. The van der Waals surface area contributed by atoms with Crippen LogP contribution in [0.3, 0.4) is 0 Å². The molecule has 1 saturated carbocycles. The first-order valence-electron chi connectivity index (χ1n) is 6.65. The molecule has 0 spiro atoms. The summed E-state index contributed by atoms with van der Waals surface area (Å²) in [7, 11) is 0. The van der Waals surface area contributed by atoms with Crippen LogP contribution in [0.1, 0.15) is 43.7 Å². The number of hydrogen-bond donors (Lipinski definition) is 1. The van der Waals surface area contributed by atoms with E-state index in [1.54, 1.807) is 6.33 Å². The van der Waals surface area contributed by atoms with Crippen LogP contribution in [0.2, 0.25) is 0 Å². The zero-order chi connectivity index (χ0) is 11.7. The number of nitrogens with zero attached hydrogens (tertiary/aromatic N) is 3. The summed E-state index contributed by atoms with van der Waals surface area (Å²) in [6.45, 7) is 1.96. The normalized spacial score (nSPS) is 25.7. The van der Waals surface area contributed by atoms with Crippen LogP contribution in [0, 0.1) is 0 Å². The van der Waals surface area contributed by atoms with Crippen molar-refractivity contribution in [3.8, 4) is 0 Å². The van der Waals surface area contributed by atoms with Gasteiger partial charge in [-0.25, -0.2) is 9.97 Å². The van der Waals surface area contributed by atoms with E-state index < -0.39 is 0 Å². The Bertz CT molecular complexity index is 387. The van der Waals surface area contributed by atoms with Gasteiger partial charge < -0.3 is 10.6 Å². The lowest BCUT2D eigenvalue weighted by Crippen LogP contribution is -2.27. The highest BCUT2D eigenvalue weighted by molar-refractivity contribution is 5.41. The number of hydrogen-bond acceptors (Lipinski definition) is 4. The second kappa shape index (κ2) is 4.61. The van der Waals surface area contributed by atoms with Crippen molar-refractivity contribution in [1.82, 2.24) is 9.97 Å². The largest absolute Gasteiger partial charge is 0.355 e. The van der Waals surface area contributed by atoms with Crippen LogP contribution in [-0.2, 0) is 0 Å². The molecule has 1 saturated heterocycles. The highest BCUT2D eigenvalue weighted by Gasteiger charge is 2.23. The first kappa shape index (κ1) is 11.0. The van der Waals surface area contributed by atoms with Crippen molar-refractivity contribution in [2.75, 3.05) is 18.0 Å². The molecule has 0 unspecified atom stereocenters. The molecule has 4 nitrogen and oxygen atoms in total. The molecule has 4 heteroatoms. The molecule has 0 bridgehead atoms. The molecule has 3 rings (SSSR count). The zero-order valence-corrected chi connectivity index (χ0v) is 10.2. The Kier molecular flexibility index (Phi) is 2.97. The Morgan fingerprint density at radius 3 is 2.71 bits per heavy atom. The number of nitrogens with two attached hydrogens (primary N) is 1. The van der Waals surface area contributed by atoms with Crippen LogP contribution in [0.25, 0.3) is 0 Å². The summed E-state index contributed by atoms with van der Waals surface area (Å²) in [5, 5.41) is 0. The summed E-state index contributed by atoms with van der Waals surface area (Å²) in [5.41, 5.74) is 7.17. The summed E-state index contributed by atoms with van der Waals surface area (Å²) < 4.78 is 0. The predicted molar refractivity (Wildman–Crippen MR) is 68.0 cm³/mol. The fourth-order valence-corrected chi connectivity index (χ4v) is 2.97. The molecule has 1 aromatic heterocycles. The van der Waals surface area contributed by atoms with Gasteiger partial charge in [-0.1, -0.05) is 12.8 Å². The SMILES string of the molecule is N[C@@H]1CCN(c2cc(C3CCCC3)ncn2)C1.